The van der Waals surface area contributed by atoms with E-state index >= 15 is 0 Å². The van der Waals surface area contributed by atoms with Gasteiger partial charge in [0.05, 0.1) is 12.1 Å². The van der Waals surface area contributed by atoms with E-state index in [2.05, 4.69) is 78.4 Å². The summed E-state index contributed by atoms with van der Waals surface area (Å²) in [4.78, 5) is 18.7. The lowest BCUT2D eigenvalue weighted by Crippen LogP contribution is -2.23. The Labute approximate surface area is 239 Å². The van der Waals surface area contributed by atoms with Gasteiger partial charge in [-0.3, -0.25) is 4.79 Å². The third kappa shape index (κ3) is 5.12. The Balaban J connectivity index is 1.36. The highest BCUT2D eigenvalue weighted by Gasteiger charge is 2.17. The van der Waals surface area contributed by atoms with Crippen LogP contribution in [0.4, 0.5) is 0 Å². The molecule has 0 spiro atoms. The van der Waals surface area contributed by atoms with Crippen molar-refractivity contribution >= 4 is 27.0 Å². The Kier molecular flexibility index (Phi) is 7.37. The molecule has 0 atom stereocenters. The fourth-order valence-electron chi connectivity index (χ4n) is 5.03. The number of benzene rings is 3. The van der Waals surface area contributed by atoms with E-state index in [0.29, 0.717) is 24.4 Å². The zero-order valence-electron chi connectivity index (χ0n) is 22.1. The Hall–Kier alpha value is -4.37. The lowest BCUT2D eigenvalue weighted by Gasteiger charge is -2.12. The average molecular weight is 595 g/mol. The molecule has 200 valence electrons. The molecule has 0 aliphatic heterocycles. The first kappa shape index (κ1) is 25.9. The normalized spacial score (nSPS) is 11.3. The molecular weight excluding hydrogens is 566 g/mol. The van der Waals surface area contributed by atoms with Crippen LogP contribution in [-0.4, -0.2) is 34.7 Å². The summed E-state index contributed by atoms with van der Waals surface area (Å²) in [6, 6.07) is 26.4. The molecule has 0 aliphatic rings. The van der Waals surface area contributed by atoms with E-state index in [1.807, 2.05) is 54.7 Å². The second kappa shape index (κ2) is 11.4. The molecule has 0 radical (unpaired) electrons. The Bertz CT molecular complexity index is 1820. The summed E-state index contributed by atoms with van der Waals surface area (Å²) in [7, 11) is 0. The molecule has 0 saturated carbocycles. The molecular formula is C31H28BrN7O. The molecule has 6 rings (SSSR count). The van der Waals surface area contributed by atoms with Crippen molar-refractivity contribution in [2.24, 2.45) is 0 Å². The molecule has 0 fully saturated rings. The number of nitrogens with one attached hydrogen (secondary N) is 1. The van der Waals surface area contributed by atoms with Crippen molar-refractivity contribution in [3.05, 3.63) is 117 Å². The Morgan fingerprint density at radius 2 is 1.68 bits per heavy atom. The topological polar surface area (TPSA) is 94.3 Å². The number of unbranched alkanes of at least 4 members (excludes halogenated alkanes) is 1. The predicted octanol–water partition coefficient (Wildman–Crippen LogP) is 6.25. The van der Waals surface area contributed by atoms with Gasteiger partial charge in [0.1, 0.15) is 11.3 Å². The summed E-state index contributed by atoms with van der Waals surface area (Å²) in [6.07, 6.45) is 4.75. The lowest BCUT2D eigenvalue weighted by molar-refractivity contribution is 0.684. The van der Waals surface area contributed by atoms with Crippen molar-refractivity contribution in [3.63, 3.8) is 0 Å². The van der Waals surface area contributed by atoms with Crippen LogP contribution in [0.5, 0.6) is 0 Å². The SMILES string of the molecule is CCCCc1nc2ccn(Cc3ccccc3Br)c(=O)c2n1Cc1ccc(-c2ccccc2-c2nn[nH]n2)cc1. The van der Waals surface area contributed by atoms with Crippen LogP contribution < -0.4 is 5.56 Å². The minimum atomic E-state index is -0.0332. The van der Waals surface area contributed by atoms with Gasteiger partial charge in [-0.15, -0.1) is 10.2 Å². The molecule has 0 bridgehead atoms. The van der Waals surface area contributed by atoms with Gasteiger partial charge in [0, 0.05) is 29.2 Å². The number of imidazole rings is 1. The van der Waals surface area contributed by atoms with E-state index in [4.69, 9.17) is 4.98 Å². The molecule has 3 aromatic heterocycles. The summed E-state index contributed by atoms with van der Waals surface area (Å²) >= 11 is 3.61. The monoisotopic (exact) mass is 593 g/mol. The standard InChI is InChI=1S/C31H28BrN7O/c1-2-3-12-28-33-27-17-18-38(20-23-8-4-7-11-26(23)32)31(40)29(27)39(28)19-21-13-15-22(16-14-21)24-9-5-6-10-25(24)30-34-36-37-35-30/h4-11,13-18H,2-3,12,19-20H2,1H3,(H,34,35,36,37). The number of fused-ring (bicyclic) bond motifs is 1. The smallest absolute Gasteiger partial charge is 0.277 e. The minimum absolute atomic E-state index is 0.0332. The fraction of sp³-hybridized carbons (Fsp3) is 0.194. The number of H-pyrrole nitrogens is 1. The second-order valence-corrected chi connectivity index (χ2v) is 10.6. The van der Waals surface area contributed by atoms with Crippen LogP contribution in [-0.2, 0) is 19.5 Å². The molecule has 8 nitrogen and oxygen atoms in total. The molecule has 0 amide bonds. The van der Waals surface area contributed by atoms with E-state index in [-0.39, 0.29) is 5.56 Å². The van der Waals surface area contributed by atoms with E-state index in [0.717, 1.165) is 62.9 Å². The van der Waals surface area contributed by atoms with Crippen LogP contribution in [0.1, 0.15) is 36.7 Å². The number of hydrogen-bond donors (Lipinski definition) is 1. The van der Waals surface area contributed by atoms with Gasteiger partial charge >= 0.3 is 0 Å². The van der Waals surface area contributed by atoms with Gasteiger partial charge in [0.2, 0.25) is 5.82 Å². The summed E-state index contributed by atoms with van der Waals surface area (Å²) in [5.74, 6) is 1.50. The fourth-order valence-corrected chi connectivity index (χ4v) is 5.44. The highest BCUT2D eigenvalue weighted by molar-refractivity contribution is 9.10. The maximum absolute atomic E-state index is 13.8. The molecule has 6 aromatic rings. The predicted molar refractivity (Wildman–Crippen MR) is 160 cm³/mol. The first-order valence-electron chi connectivity index (χ1n) is 13.4. The Morgan fingerprint density at radius 1 is 0.900 bits per heavy atom. The van der Waals surface area contributed by atoms with Crippen LogP contribution >= 0.6 is 15.9 Å². The number of tetrazole rings is 1. The van der Waals surface area contributed by atoms with Crippen molar-refractivity contribution in [3.8, 4) is 22.5 Å². The van der Waals surface area contributed by atoms with Gasteiger partial charge in [0.25, 0.3) is 5.56 Å². The quantitative estimate of drug-likeness (QED) is 0.214. The third-order valence-corrected chi connectivity index (χ3v) is 7.89. The number of aromatic amines is 1. The van der Waals surface area contributed by atoms with Crippen LogP contribution in [0.2, 0.25) is 0 Å². The zero-order valence-corrected chi connectivity index (χ0v) is 23.7. The maximum atomic E-state index is 13.8. The molecule has 0 saturated heterocycles. The first-order valence-corrected chi connectivity index (χ1v) is 14.2. The van der Waals surface area contributed by atoms with E-state index in [1.54, 1.807) is 4.57 Å². The highest BCUT2D eigenvalue weighted by Crippen LogP contribution is 2.30. The van der Waals surface area contributed by atoms with Crippen LogP contribution in [0.25, 0.3) is 33.5 Å². The summed E-state index contributed by atoms with van der Waals surface area (Å²) in [5.41, 5.74) is 6.50. The zero-order chi connectivity index (χ0) is 27.5. The van der Waals surface area contributed by atoms with Gasteiger partial charge in [-0.2, -0.15) is 5.21 Å². The molecule has 9 heteroatoms. The van der Waals surface area contributed by atoms with Crippen molar-refractivity contribution in [2.75, 3.05) is 0 Å². The number of aromatic nitrogens is 7. The maximum Gasteiger partial charge on any atom is 0.277 e. The van der Waals surface area contributed by atoms with E-state index < -0.39 is 0 Å². The summed E-state index contributed by atoms with van der Waals surface area (Å²) in [6.45, 7) is 3.22. The van der Waals surface area contributed by atoms with Crippen LogP contribution in [0.15, 0.2) is 94.3 Å². The van der Waals surface area contributed by atoms with Gasteiger partial charge < -0.3 is 9.13 Å². The second-order valence-electron chi connectivity index (χ2n) is 9.77. The summed E-state index contributed by atoms with van der Waals surface area (Å²) in [5, 5.41) is 14.6. The highest BCUT2D eigenvalue weighted by atomic mass is 79.9. The van der Waals surface area contributed by atoms with Gasteiger partial charge in [-0.25, -0.2) is 4.98 Å². The van der Waals surface area contributed by atoms with Crippen molar-refractivity contribution in [2.45, 2.75) is 39.3 Å². The first-order chi connectivity index (χ1) is 19.6. The van der Waals surface area contributed by atoms with E-state index in [1.165, 1.54) is 0 Å². The third-order valence-electron chi connectivity index (χ3n) is 7.12. The average Bonchev–Trinajstić information content (AvgIpc) is 3.64. The minimum Gasteiger partial charge on any atom is -0.319 e. The van der Waals surface area contributed by atoms with Crippen molar-refractivity contribution in [1.82, 2.24) is 34.7 Å². The molecule has 3 heterocycles. The summed E-state index contributed by atoms with van der Waals surface area (Å²) < 4.78 is 4.86. The van der Waals surface area contributed by atoms with Crippen molar-refractivity contribution in [1.29, 1.82) is 0 Å². The molecule has 3 aromatic carbocycles. The van der Waals surface area contributed by atoms with Gasteiger partial charge in [-0.1, -0.05) is 96.0 Å². The molecule has 1 N–H and O–H groups in total. The van der Waals surface area contributed by atoms with Crippen LogP contribution in [0, 0.1) is 0 Å². The molecule has 0 aliphatic carbocycles. The number of aryl methyl sites for hydroxylation is 1. The number of pyridine rings is 1. The lowest BCUT2D eigenvalue weighted by atomic mass is 9.98. The number of halogens is 1. The van der Waals surface area contributed by atoms with Gasteiger partial charge in [0.15, 0.2) is 0 Å². The van der Waals surface area contributed by atoms with E-state index in [9.17, 15) is 4.79 Å². The number of hydrogen-bond acceptors (Lipinski definition) is 5. The van der Waals surface area contributed by atoms with Gasteiger partial charge in [-0.05, 0) is 46.0 Å². The Morgan fingerprint density at radius 3 is 2.42 bits per heavy atom. The molecule has 40 heavy (non-hydrogen) atoms. The van der Waals surface area contributed by atoms with Crippen molar-refractivity contribution < 1.29 is 0 Å². The molecule has 0 unspecified atom stereocenters. The number of rotatable bonds is 9. The van der Waals surface area contributed by atoms with Crippen LogP contribution in [0.3, 0.4) is 0 Å². The number of nitrogens with zero attached hydrogens (tertiary/aromatic N) is 6. The largest absolute Gasteiger partial charge is 0.319 e.